The molecule has 2 aliphatic rings. The van der Waals surface area contributed by atoms with Crippen molar-refractivity contribution in [2.24, 2.45) is 0 Å². The van der Waals surface area contributed by atoms with Gasteiger partial charge in [-0.3, -0.25) is 14.4 Å². The molecule has 2 aromatic carbocycles. The Morgan fingerprint density at radius 1 is 1.07 bits per heavy atom. The Kier molecular flexibility index (Phi) is 5.97. The second kappa shape index (κ2) is 8.98. The number of anilines is 1. The summed E-state index contributed by atoms with van der Waals surface area (Å²) >= 11 is 0. The summed E-state index contributed by atoms with van der Waals surface area (Å²) < 4.78 is 5.88. The highest BCUT2D eigenvalue weighted by Crippen LogP contribution is 2.33. The third-order valence-electron chi connectivity index (χ3n) is 5.42. The van der Waals surface area contributed by atoms with Crippen LogP contribution in [0.3, 0.4) is 0 Å². The Labute approximate surface area is 175 Å². The standard InChI is InChI=1S/C23H25N3O4/c27-21-11-6-14-25(21)16-22(28)26-15-20(30-19-10-5-4-9-18(19)26)23(29)24-13-12-17-7-2-1-3-8-17/h1-5,7-10,20H,6,11-16H2,(H,24,29)/t20-/m0/s1. The molecule has 156 valence electrons. The maximum atomic E-state index is 13.0. The number of carbonyl (C=O) groups excluding carboxylic acids is 3. The monoisotopic (exact) mass is 407 g/mol. The van der Waals surface area contributed by atoms with Crippen molar-refractivity contribution in [1.82, 2.24) is 10.2 Å². The Balaban J connectivity index is 1.42. The highest BCUT2D eigenvalue weighted by Gasteiger charge is 2.35. The van der Waals surface area contributed by atoms with Gasteiger partial charge in [0.05, 0.1) is 12.2 Å². The Morgan fingerprint density at radius 3 is 2.60 bits per heavy atom. The number of para-hydroxylation sites is 2. The quantitative estimate of drug-likeness (QED) is 0.792. The highest BCUT2D eigenvalue weighted by atomic mass is 16.5. The molecule has 7 nitrogen and oxygen atoms in total. The third kappa shape index (κ3) is 4.45. The lowest BCUT2D eigenvalue weighted by atomic mass is 10.1. The number of nitrogens with zero attached hydrogens (tertiary/aromatic N) is 2. The van der Waals surface area contributed by atoms with Crippen LogP contribution in [0.2, 0.25) is 0 Å². The summed E-state index contributed by atoms with van der Waals surface area (Å²) in [5, 5.41) is 2.90. The summed E-state index contributed by atoms with van der Waals surface area (Å²) in [6, 6.07) is 17.1. The third-order valence-corrected chi connectivity index (χ3v) is 5.42. The van der Waals surface area contributed by atoms with Crippen molar-refractivity contribution in [3.05, 3.63) is 60.2 Å². The maximum absolute atomic E-state index is 13.0. The Morgan fingerprint density at radius 2 is 1.83 bits per heavy atom. The lowest BCUT2D eigenvalue weighted by Crippen LogP contribution is -2.52. The summed E-state index contributed by atoms with van der Waals surface area (Å²) in [5.74, 6) is 0.0340. The second-order valence-electron chi connectivity index (χ2n) is 7.52. The van der Waals surface area contributed by atoms with Crippen LogP contribution < -0.4 is 15.0 Å². The Hall–Kier alpha value is -3.35. The molecule has 30 heavy (non-hydrogen) atoms. The van der Waals surface area contributed by atoms with E-state index in [4.69, 9.17) is 4.74 Å². The van der Waals surface area contributed by atoms with E-state index in [0.29, 0.717) is 30.9 Å². The molecular weight excluding hydrogens is 382 g/mol. The van der Waals surface area contributed by atoms with E-state index in [-0.39, 0.29) is 30.8 Å². The molecule has 0 aromatic heterocycles. The predicted octanol–water partition coefficient (Wildman–Crippen LogP) is 1.76. The fraction of sp³-hybridized carbons (Fsp3) is 0.348. The lowest BCUT2D eigenvalue weighted by Gasteiger charge is -2.35. The molecule has 0 radical (unpaired) electrons. The van der Waals surface area contributed by atoms with Crippen molar-refractivity contribution in [2.45, 2.75) is 25.4 Å². The van der Waals surface area contributed by atoms with Gasteiger partial charge in [-0.1, -0.05) is 42.5 Å². The second-order valence-corrected chi connectivity index (χ2v) is 7.52. The van der Waals surface area contributed by atoms with Crippen LogP contribution in [0.4, 0.5) is 5.69 Å². The number of hydrogen-bond donors (Lipinski definition) is 1. The highest BCUT2D eigenvalue weighted by molar-refractivity contribution is 6.00. The number of nitrogens with one attached hydrogen (secondary N) is 1. The number of fused-ring (bicyclic) bond motifs is 1. The first-order valence-electron chi connectivity index (χ1n) is 10.3. The van der Waals surface area contributed by atoms with Gasteiger partial charge >= 0.3 is 0 Å². The molecule has 0 saturated carbocycles. The number of amides is 3. The van der Waals surface area contributed by atoms with E-state index >= 15 is 0 Å². The molecule has 1 N–H and O–H groups in total. The van der Waals surface area contributed by atoms with Gasteiger partial charge in [-0.25, -0.2) is 0 Å². The van der Waals surface area contributed by atoms with Gasteiger partial charge in [0.25, 0.3) is 5.91 Å². The minimum Gasteiger partial charge on any atom is -0.477 e. The first kappa shape index (κ1) is 19.9. The zero-order valence-electron chi connectivity index (χ0n) is 16.8. The zero-order valence-corrected chi connectivity index (χ0v) is 16.8. The molecule has 0 bridgehead atoms. The van der Waals surface area contributed by atoms with Crippen LogP contribution in [-0.4, -0.2) is 54.9 Å². The van der Waals surface area contributed by atoms with E-state index < -0.39 is 6.10 Å². The number of rotatable bonds is 6. The number of likely N-dealkylation sites (tertiary alicyclic amines) is 1. The fourth-order valence-corrected chi connectivity index (χ4v) is 3.82. The van der Waals surface area contributed by atoms with Crippen LogP contribution in [0, 0.1) is 0 Å². The van der Waals surface area contributed by atoms with Gasteiger partial charge < -0.3 is 19.9 Å². The first-order valence-corrected chi connectivity index (χ1v) is 10.3. The molecule has 0 unspecified atom stereocenters. The number of benzene rings is 2. The molecule has 1 atom stereocenters. The Bertz CT molecular complexity index is 931. The number of ether oxygens (including phenoxy) is 1. The molecule has 0 aliphatic carbocycles. The average Bonchev–Trinajstić information content (AvgIpc) is 3.17. The van der Waals surface area contributed by atoms with Crippen molar-refractivity contribution in [3.8, 4) is 5.75 Å². The van der Waals surface area contributed by atoms with Gasteiger partial charge in [-0.05, 0) is 30.5 Å². The van der Waals surface area contributed by atoms with Crippen LogP contribution in [0.15, 0.2) is 54.6 Å². The van der Waals surface area contributed by atoms with Gasteiger partial charge in [-0.15, -0.1) is 0 Å². The smallest absolute Gasteiger partial charge is 0.262 e. The van der Waals surface area contributed by atoms with Gasteiger partial charge in [0.15, 0.2) is 6.10 Å². The number of hydrogen-bond acceptors (Lipinski definition) is 4. The van der Waals surface area contributed by atoms with Crippen LogP contribution >= 0.6 is 0 Å². The van der Waals surface area contributed by atoms with Crippen LogP contribution in [0.25, 0.3) is 0 Å². The molecule has 1 fully saturated rings. The molecule has 0 spiro atoms. The maximum Gasteiger partial charge on any atom is 0.262 e. The van der Waals surface area contributed by atoms with E-state index in [1.165, 1.54) is 0 Å². The average molecular weight is 407 g/mol. The normalized spacial score (nSPS) is 18.0. The van der Waals surface area contributed by atoms with Gasteiger partial charge in [0.2, 0.25) is 11.8 Å². The van der Waals surface area contributed by atoms with Gasteiger partial charge in [0, 0.05) is 19.5 Å². The van der Waals surface area contributed by atoms with Crippen molar-refractivity contribution >= 4 is 23.4 Å². The first-order chi connectivity index (χ1) is 14.6. The zero-order chi connectivity index (χ0) is 20.9. The van der Waals surface area contributed by atoms with E-state index in [2.05, 4.69) is 5.32 Å². The van der Waals surface area contributed by atoms with Crippen LogP contribution in [0.5, 0.6) is 5.75 Å². The fourth-order valence-electron chi connectivity index (χ4n) is 3.82. The predicted molar refractivity (Wildman–Crippen MR) is 112 cm³/mol. The van der Waals surface area contributed by atoms with Crippen LogP contribution in [0.1, 0.15) is 18.4 Å². The summed E-state index contributed by atoms with van der Waals surface area (Å²) in [6.07, 6.45) is 1.18. The molecule has 4 rings (SSSR count). The van der Waals surface area contributed by atoms with E-state index in [1.807, 2.05) is 36.4 Å². The number of carbonyl (C=O) groups is 3. The van der Waals surface area contributed by atoms with Crippen molar-refractivity contribution in [1.29, 1.82) is 0 Å². The lowest BCUT2D eigenvalue weighted by molar-refractivity contribution is -0.133. The topological polar surface area (TPSA) is 79.0 Å². The van der Waals surface area contributed by atoms with E-state index in [0.717, 1.165) is 18.4 Å². The molecule has 2 heterocycles. The molecule has 7 heteroatoms. The molecule has 2 aromatic rings. The van der Waals surface area contributed by atoms with Crippen LogP contribution in [-0.2, 0) is 20.8 Å². The van der Waals surface area contributed by atoms with E-state index in [9.17, 15) is 14.4 Å². The van der Waals surface area contributed by atoms with Crippen molar-refractivity contribution in [3.63, 3.8) is 0 Å². The summed E-state index contributed by atoms with van der Waals surface area (Å²) in [7, 11) is 0. The summed E-state index contributed by atoms with van der Waals surface area (Å²) in [4.78, 5) is 40.8. The minimum atomic E-state index is -0.797. The van der Waals surface area contributed by atoms with Crippen molar-refractivity contribution in [2.75, 3.05) is 31.1 Å². The molecule has 3 amide bonds. The van der Waals surface area contributed by atoms with E-state index in [1.54, 1.807) is 28.0 Å². The molecule has 1 saturated heterocycles. The molecular formula is C23H25N3O4. The summed E-state index contributed by atoms with van der Waals surface area (Å²) in [6.45, 7) is 1.23. The minimum absolute atomic E-state index is 0.0000922. The summed E-state index contributed by atoms with van der Waals surface area (Å²) in [5.41, 5.74) is 1.77. The van der Waals surface area contributed by atoms with Gasteiger partial charge in [0.1, 0.15) is 12.3 Å². The van der Waals surface area contributed by atoms with Crippen molar-refractivity contribution < 1.29 is 19.1 Å². The largest absolute Gasteiger partial charge is 0.477 e. The molecule has 2 aliphatic heterocycles. The SMILES string of the molecule is O=C(NCCc1ccccc1)[C@@H]1CN(C(=O)CN2CCCC2=O)c2ccccc2O1. The van der Waals surface area contributed by atoms with Gasteiger partial charge in [-0.2, -0.15) is 0 Å².